The highest BCUT2D eigenvalue weighted by molar-refractivity contribution is 5.03. The third-order valence-corrected chi connectivity index (χ3v) is 5.94. The highest BCUT2D eigenvalue weighted by atomic mass is 16.3. The zero-order chi connectivity index (χ0) is 11.2. The lowest BCUT2D eigenvalue weighted by molar-refractivity contribution is -0.0717. The summed E-state index contributed by atoms with van der Waals surface area (Å²) in [5.74, 6) is 3.50. The van der Waals surface area contributed by atoms with E-state index in [1.165, 1.54) is 44.9 Å². The van der Waals surface area contributed by atoms with E-state index in [0.717, 1.165) is 30.6 Å². The number of hydrogen-bond acceptors (Lipinski definition) is 1. The van der Waals surface area contributed by atoms with Crippen LogP contribution in [0.5, 0.6) is 0 Å². The normalized spacial score (nSPS) is 46.1. The molecule has 1 heteroatoms. The van der Waals surface area contributed by atoms with Gasteiger partial charge in [0.05, 0.1) is 5.60 Å². The maximum atomic E-state index is 10.9. The maximum Gasteiger partial charge on any atom is 0.0678 e. The van der Waals surface area contributed by atoms with Gasteiger partial charge in [0, 0.05) is 0 Å². The second kappa shape index (κ2) is 4.01. The van der Waals surface area contributed by atoms with Crippen LogP contribution in [0, 0.1) is 23.7 Å². The molecule has 16 heavy (non-hydrogen) atoms. The predicted octanol–water partition coefficient (Wildman–Crippen LogP) is 3.75. The Hall–Kier alpha value is -0.0400. The molecule has 3 fully saturated rings. The Bertz CT molecular complexity index is 254. The molecule has 0 saturated heterocycles. The minimum absolute atomic E-state index is 0.254. The number of fused-ring (bicyclic) bond motifs is 2. The van der Waals surface area contributed by atoms with Crippen LogP contribution in [-0.4, -0.2) is 10.7 Å². The Morgan fingerprint density at radius 2 is 1.75 bits per heavy atom. The van der Waals surface area contributed by atoms with E-state index in [4.69, 9.17) is 0 Å². The molecule has 0 heterocycles. The van der Waals surface area contributed by atoms with E-state index in [9.17, 15) is 5.11 Å². The monoisotopic (exact) mass is 222 g/mol. The van der Waals surface area contributed by atoms with Crippen molar-refractivity contribution in [2.45, 2.75) is 70.3 Å². The summed E-state index contributed by atoms with van der Waals surface area (Å²) in [6.07, 6.45) is 11.6. The van der Waals surface area contributed by atoms with Crippen molar-refractivity contribution in [3.8, 4) is 0 Å². The molecule has 1 nitrogen and oxygen atoms in total. The van der Waals surface area contributed by atoms with Crippen LogP contribution in [0.2, 0.25) is 0 Å². The van der Waals surface area contributed by atoms with Crippen molar-refractivity contribution < 1.29 is 5.11 Å². The van der Waals surface area contributed by atoms with Gasteiger partial charge < -0.3 is 5.11 Å². The molecule has 3 saturated carbocycles. The average molecular weight is 222 g/mol. The predicted molar refractivity (Wildman–Crippen MR) is 66.1 cm³/mol. The second-order valence-corrected chi connectivity index (χ2v) is 6.67. The first-order valence-corrected chi connectivity index (χ1v) is 7.45. The van der Waals surface area contributed by atoms with Crippen molar-refractivity contribution in [1.29, 1.82) is 0 Å². The van der Waals surface area contributed by atoms with Crippen molar-refractivity contribution in [3.63, 3.8) is 0 Å². The molecule has 3 rings (SSSR count). The molecule has 0 aromatic carbocycles. The zero-order valence-electron chi connectivity index (χ0n) is 10.6. The van der Waals surface area contributed by atoms with Gasteiger partial charge in [-0.25, -0.2) is 0 Å². The summed E-state index contributed by atoms with van der Waals surface area (Å²) < 4.78 is 0. The lowest BCUT2D eigenvalue weighted by Gasteiger charge is -2.42. The first kappa shape index (κ1) is 11.1. The molecular weight excluding hydrogens is 196 g/mol. The molecule has 3 aliphatic carbocycles. The van der Waals surface area contributed by atoms with Crippen LogP contribution in [0.15, 0.2) is 0 Å². The third-order valence-electron chi connectivity index (χ3n) is 5.94. The standard InChI is InChI=1S/C15H26O/c1-2-11-8-13-9-12(11)10-14(13)15(16)6-4-3-5-7-15/h11-14,16H,2-10H2,1H3. The van der Waals surface area contributed by atoms with Crippen molar-refractivity contribution in [2.75, 3.05) is 0 Å². The van der Waals surface area contributed by atoms with E-state index in [2.05, 4.69) is 6.92 Å². The van der Waals surface area contributed by atoms with Gasteiger partial charge in [-0.15, -0.1) is 0 Å². The molecule has 0 radical (unpaired) electrons. The van der Waals surface area contributed by atoms with E-state index >= 15 is 0 Å². The molecule has 0 spiro atoms. The second-order valence-electron chi connectivity index (χ2n) is 6.67. The van der Waals surface area contributed by atoms with Gasteiger partial charge in [0.2, 0.25) is 0 Å². The van der Waals surface area contributed by atoms with Crippen LogP contribution in [-0.2, 0) is 0 Å². The van der Waals surface area contributed by atoms with Crippen LogP contribution in [0.25, 0.3) is 0 Å². The fraction of sp³-hybridized carbons (Fsp3) is 1.00. The Kier molecular flexibility index (Phi) is 2.78. The van der Waals surface area contributed by atoms with E-state index in [1.54, 1.807) is 0 Å². The minimum Gasteiger partial charge on any atom is -0.390 e. The summed E-state index contributed by atoms with van der Waals surface area (Å²) in [6, 6.07) is 0. The topological polar surface area (TPSA) is 20.2 Å². The van der Waals surface area contributed by atoms with Crippen molar-refractivity contribution >= 4 is 0 Å². The lowest BCUT2D eigenvalue weighted by Crippen LogP contribution is -2.43. The van der Waals surface area contributed by atoms with Gasteiger partial charge in [0.25, 0.3) is 0 Å². The Labute approximate surface area is 99.6 Å². The van der Waals surface area contributed by atoms with E-state index in [0.29, 0.717) is 5.92 Å². The molecule has 92 valence electrons. The molecule has 4 atom stereocenters. The molecule has 2 bridgehead atoms. The Balaban J connectivity index is 1.70. The summed E-state index contributed by atoms with van der Waals surface area (Å²) in [6.45, 7) is 2.34. The summed E-state index contributed by atoms with van der Waals surface area (Å²) >= 11 is 0. The van der Waals surface area contributed by atoms with Gasteiger partial charge in [0.15, 0.2) is 0 Å². The molecule has 3 aliphatic rings. The smallest absolute Gasteiger partial charge is 0.0678 e. The van der Waals surface area contributed by atoms with Gasteiger partial charge in [-0.1, -0.05) is 32.6 Å². The summed E-state index contributed by atoms with van der Waals surface area (Å²) in [5.41, 5.74) is -0.254. The van der Waals surface area contributed by atoms with Gasteiger partial charge >= 0.3 is 0 Å². The fourth-order valence-electron chi connectivity index (χ4n) is 5.09. The van der Waals surface area contributed by atoms with Gasteiger partial charge in [-0.3, -0.25) is 0 Å². The maximum absolute atomic E-state index is 10.9. The van der Waals surface area contributed by atoms with E-state index in [-0.39, 0.29) is 5.60 Å². The Morgan fingerprint density at radius 1 is 1.00 bits per heavy atom. The molecule has 1 N–H and O–H groups in total. The zero-order valence-corrected chi connectivity index (χ0v) is 10.6. The van der Waals surface area contributed by atoms with Crippen molar-refractivity contribution in [1.82, 2.24) is 0 Å². The van der Waals surface area contributed by atoms with Gasteiger partial charge in [-0.05, 0) is 55.8 Å². The molecule has 0 amide bonds. The summed E-state index contributed by atoms with van der Waals surface area (Å²) in [5, 5.41) is 10.9. The molecular formula is C15H26O. The first-order chi connectivity index (χ1) is 7.73. The lowest BCUT2D eigenvalue weighted by atomic mass is 9.67. The minimum atomic E-state index is -0.254. The summed E-state index contributed by atoms with van der Waals surface area (Å²) in [7, 11) is 0. The largest absolute Gasteiger partial charge is 0.390 e. The number of aliphatic hydroxyl groups is 1. The average Bonchev–Trinajstić information content (AvgIpc) is 2.89. The fourth-order valence-corrected chi connectivity index (χ4v) is 5.09. The van der Waals surface area contributed by atoms with E-state index < -0.39 is 0 Å². The van der Waals surface area contributed by atoms with Crippen LogP contribution in [0.4, 0.5) is 0 Å². The van der Waals surface area contributed by atoms with Gasteiger partial charge in [-0.2, -0.15) is 0 Å². The van der Waals surface area contributed by atoms with Crippen molar-refractivity contribution in [2.24, 2.45) is 23.7 Å². The Morgan fingerprint density at radius 3 is 2.31 bits per heavy atom. The number of rotatable bonds is 2. The molecule has 0 aromatic rings. The van der Waals surface area contributed by atoms with Crippen LogP contribution in [0.1, 0.15) is 64.7 Å². The quantitative estimate of drug-likeness (QED) is 0.754. The first-order valence-electron chi connectivity index (χ1n) is 7.45. The summed E-state index contributed by atoms with van der Waals surface area (Å²) in [4.78, 5) is 0. The van der Waals surface area contributed by atoms with Crippen LogP contribution < -0.4 is 0 Å². The number of hydrogen-bond donors (Lipinski definition) is 1. The molecule has 0 aromatic heterocycles. The highest BCUT2D eigenvalue weighted by Crippen LogP contribution is 2.57. The van der Waals surface area contributed by atoms with Crippen molar-refractivity contribution in [3.05, 3.63) is 0 Å². The van der Waals surface area contributed by atoms with Crippen LogP contribution in [0.3, 0.4) is 0 Å². The SMILES string of the molecule is CCC1CC2CC1CC2C1(O)CCCCC1. The molecule has 0 aliphatic heterocycles. The molecule has 4 unspecified atom stereocenters. The van der Waals surface area contributed by atoms with E-state index in [1.807, 2.05) is 0 Å². The third kappa shape index (κ3) is 1.63. The van der Waals surface area contributed by atoms with Gasteiger partial charge in [0.1, 0.15) is 0 Å². The van der Waals surface area contributed by atoms with Crippen LogP contribution >= 0.6 is 0 Å². The highest BCUT2D eigenvalue weighted by Gasteiger charge is 2.52.